The highest BCUT2D eigenvalue weighted by Gasteiger charge is 2.58. The SMILES string of the molecule is CC1CCC(C2(S(=O)(=O)Cl)CC2)CC1. The second-order valence-electron chi connectivity index (χ2n) is 4.96. The number of rotatable bonds is 2. The van der Waals surface area contributed by atoms with E-state index < -0.39 is 13.8 Å². The van der Waals surface area contributed by atoms with Crippen LogP contribution >= 0.6 is 10.7 Å². The third-order valence-electron chi connectivity index (χ3n) is 3.99. The van der Waals surface area contributed by atoms with Crippen LogP contribution in [0.2, 0.25) is 0 Å². The molecule has 0 heterocycles. The molecule has 2 rings (SSSR count). The average molecular weight is 237 g/mol. The molecule has 0 atom stereocenters. The summed E-state index contributed by atoms with van der Waals surface area (Å²) < 4.78 is 22.4. The van der Waals surface area contributed by atoms with Crippen molar-refractivity contribution in [2.75, 3.05) is 0 Å². The topological polar surface area (TPSA) is 34.1 Å². The van der Waals surface area contributed by atoms with Crippen LogP contribution in [0.15, 0.2) is 0 Å². The van der Waals surface area contributed by atoms with Gasteiger partial charge in [0.1, 0.15) is 0 Å². The molecule has 0 N–H and O–H groups in total. The highest BCUT2D eigenvalue weighted by molar-refractivity contribution is 8.15. The maximum Gasteiger partial charge on any atom is 0.238 e. The standard InChI is InChI=1S/C10H17ClO2S/c1-8-2-4-9(5-3-8)10(6-7-10)14(11,12)13/h8-9H,2-7H2,1H3. The lowest BCUT2D eigenvalue weighted by atomic mass is 9.80. The zero-order valence-corrected chi connectivity index (χ0v) is 10.1. The predicted molar refractivity (Wildman–Crippen MR) is 57.9 cm³/mol. The molecule has 0 amide bonds. The maximum atomic E-state index is 11.5. The highest BCUT2D eigenvalue weighted by atomic mass is 35.7. The lowest BCUT2D eigenvalue weighted by Crippen LogP contribution is -2.31. The quantitative estimate of drug-likeness (QED) is 0.691. The molecule has 82 valence electrons. The van der Waals surface area contributed by atoms with E-state index in [1.807, 2.05) is 0 Å². The third-order valence-corrected chi connectivity index (χ3v) is 6.62. The van der Waals surface area contributed by atoms with Crippen molar-refractivity contribution in [1.29, 1.82) is 0 Å². The Hall–Kier alpha value is 0.240. The van der Waals surface area contributed by atoms with Crippen molar-refractivity contribution in [3.8, 4) is 0 Å². The fraction of sp³-hybridized carbons (Fsp3) is 1.00. The molecule has 0 aromatic carbocycles. The molecule has 0 radical (unpaired) electrons. The van der Waals surface area contributed by atoms with Gasteiger partial charge in [0.25, 0.3) is 0 Å². The molecule has 2 aliphatic rings. The number of hydrogen-bond donors (Lipinski definition) is 0. The summed E-state index contributed by atoms with van der Waals surface area (Å²) in [5.74, 6) is 1.10. The Morgan fingerprint density at radius 3 is 2.00 bits per heavy atom. The summed E-state index contributed by atoms with van der Waals surface area (Å²) in [6.07, 6.45) is 6.01. The predicted octanol–water partition coefficient (Wildman–Crippen LogP) is 2.91. The summed E-state index contributed by atoms with van der Waals surface area (Å²) >= 11 is 0. The van der Waals surface area contributed by atoms with Crippen LogP contribution in [0.1, 0.15) is 45.4 Å². The number of hydrogen-bond acceptors (Lipinski definition) is 2. The van der Waals surface area contributed by atoms with Crippen LogP contribution in [-0.2, 0) is 9.05 Å². The van der Waals surface area contributed by atoms with Gasteiger partial charge in [0.05, 0.1) is 4.75 Å². The average Bonchev–Trinajstić information content (AvgIpc) is 2.84. The molecule has 2 nitrogen and oxygen atoms in total. The van der Waals surface area contributed by atoms with Crippen molar-refractivity contribution in [2.24, 2.45) is 11.8 Å². The summed E-state index contributed by atoms with van der Waals surface area (Å²) in [7, 11) is 2.19. The van der Waals surface area contributed by atoms with E-state index in [1.54, 1.807) is 0 Å². The first-order valence-corrected chi connectivity index (χ1v) is 7.71. The van der Waals surface area contributed by atoms with Gasteiger partial charge in [-0.25, -0.2) is 8.42 Å². The first-order valence-electron chi connectivity index (χ1n) is 5.40. The maximum absolute atomic E-state index is 11.5. The molecular formula is C10H17ClO2S. The lowest BCUT2D eigenvalue weighted by molar-refractivity contribution is 0.273. The minimum Gasteiger partial charge on any atom is -0.212 e. The zero-order chi connectivity index (χ0) is 10.4. The van der Waals surface area contributed by atoms with Crippen molar-refractivity contribution in [1.82, 2.24) is 0 Å². The van der Waals surface area contributed by atoms with E-state index in [-0.39, 0.29) is 0 Å². The molecule has 2 fully saturated rings. The summed E-state index contributed by atoms with van der Waals surface area (Å²) in [5.41, 5.74) is 0. The van der Waals surface area contributed by atoms with E-state index in [0.717, 1.165) is 31.6 Å². The van der Waals surface area contributed by atoms with Crippen LogP contribution in [0.5, 0.6) is 0 Å². The molecule has 0 aromatic heterocycles. The van der Waals surface area contributed by atoms with Gasteiger partial charge in [-0.3, -0.25) is 0 Å². The van der Waals surface area contributed by atoms with Gasteiger partial charge in [0.2, 0.25) is 9.05 Å². The van der Waals surface area contributed by atoms with Gasteiger partial charge in [0, 0.05) is 10.7 Å². The van der Waals surface area contributed by atoms with Crippen LogP contribution in [-0.4, -0.2) is 13.2 Å². The molecule has 0 spiro atoms. The molecule has 0 bridgehead atoms. The minimum atomic E-state index is -3.34. The van der Waals surface area contributed by atoms with E-state index >= 15 is 0 Å². The highest BCUT2D eigenvalue weighted by Crippen LogP contribution is 2.55. The van der Waals surface area contributed by atoms with Gasteiger partial charge in [-0.1, -0.05) is 19.8 Å². The Morgan fingerprint density at radius 2 is 1.64 bits per heavy atom. The van der Waals surface area contributed by atoms with Gasteiger partial charge in [-0.2, -0.15) is 0 Å². The molecule has 2 saturated carbocycles. The van der Waals surface area contributed by atoms with E-state index in [9.17, 15) is 8.42 Å². The second-order valence-corrected chi connectivity index (χ2v) is 7.87. The monoisotopic (exact) mass is 236 g/mol. The summed E-state index contributed by atoms with van der Waals surface area (Å²) in [4.78, 5) is 0. The molecule has 0 aromatic rings. The van der Waals surface area contributed by atoms with Crippen molar-refractivity contribution >= 4 is 19.7 Å². The molecular weight excluding hydrogens is 220 g/mol. The van der Waals surface area contributed by atoms with Crippen LogP contribution in [0.3, 0.4) is 0 Å². The van der Waals surface area contributed by atoms with Gasteiger partial charge in [0.15, 0.2) is 0 Å². The third kappa shape index (κ3) is 1.69. The largest absolute Gasteiger partial charge is 0.238 e. The summed E-state index contributed by atoms with van der Waals surface area (Å²) in [5, 5.41) is 0. The van der Waals surface area contributed by atoms with Gasteiger partial charge in [-0.15, -0.1) is 0 Å². The van der Waals surface area contributed by atoms with Crippen LogP contribution < -0.4 is 0 Å². The van der Waals surface area contributed by atoms with Gasteiger partial charge >= 0.3 is 0 Å². The Labute approximate surface area is 90.4 Å². The smallest absolute Gasteiger partial charge is 0.212 e. The van der Waals surface area contributed by atoms with Crippen molar-refractivity contribution in [2.45, 2.75) is 50.2 Å². The molecule has 2 aliphatic carbocycles. The first-order chi connectivity index (χ1) is 6.46. The summed E-state index contributed by atoms with van der Waals surface area (Å²) in [6.45, 7) is 2.24. The summed E-state index contributed by atoms with van der Waals surface area (Å²) in [6, 6.07) is 0. The Balaban J connectivity index is 2.09. The van der Waals surface area contributed by atoms with E-state index in [2.05, 4.69) is 6.92 Å². The Morgan fingerprint density at radius 1 is 1.14 bits per heavy atom. The normalized spacial score (nSPS) is 36.7. The fourth-order valence-electron chi connectivity index (χ4n) is 2.76. The Bertz CT molecular complexity index is 311. The number of halogens is 1. The van der Waals surface area contributed by atoms with Crippen LogP contribution in [0.4, 0.5) is 0 Å². The van der Waals surface area contributed by atoms with Crippen molar-refractivity contribution < 1.29 is 8.42 Å². The molecule has 0 saturated heterocycles. The lowest BCUT2D eigenvalue weighted by Gasteiger charge is -2.31. The first kappa shape index (κ1) is 10.7. The molecule has 14 heavy (non-hydrogen) atoms. The van der Waals surface area contributed by atoms with E-state index in [1.165, 1.54) is 12.8 Å². The molecule has 4 heteroatoms. The Kier molecular flexibility index (Phi) is 2.59. The van der Waals surface area contributed by atoms with Crippen LogP contribution in [0.25, 0.3) is 0 Å². The minimum absolute atomic E-state index is 0.334. The van der Waals surface area contributed by atoms with Crippen molar-refractivity contribution in [3.63, 3.8) is 0 Å². The molecule has 0 aliphatic heterocycles. The van der Waals surface area contributed by atoms with Gasteiger partial charge < -0.3 is 0 Å². The fourth-order valence-corrected chi connectivity index (χ4v) is 4.82. The molecule has 0 unspecified atom stereocenters. The van der Waals surface area contributed by atoms with Crippen LogP contribution in [0, 0.1) is 11.8 Å². The van der Waals surface area contributed by atoms with Crippen molar-refractivity contribution in [3.05, 3.63) is 0 Å². The van der Waals surface area contributed by atoms with E-state index in [0.29, 0.717) is 5.92 Å². The van der Waals surface area contributed by atoms with Gasteiger partial charge in [-0.05, 0) is 37.5 Å². The van der Waals surface area contributed by atoms with E-state index in [4.69, 9.17) is 10.7 Å². The second kappa shape index (κ2) is 3.38. The zero-order valence-electron chi connectivity index (χ0n) is 8.50.